The molecule has 0 bridgehead atoms. The summed E-state index contributed by atoms with van der Waals surface area (Å²) in [6, 6.07) is 6.14. The van der Waals surface area contributed by atoms with E-state index in [4.69, 9.17) is 9.84 Å². The van der Waals surface area contributed by atoms with Crippen LogP contribution in [-0.2, 0) is 4.79 Å². The second-order valence-corrected chi connectivity index (χ2v) is 4.19. The number of carbonyl (C=O) groups excluding carboxylic acids is 1. The number of carboxylic acid groups (broad SMARTS) is 1. The van der Waals surface area contributed by atoms with Gasteiger partial charge in [-0.25, -0.2) is 14.8 Å². The summed E-state index contributed by atoms with van der Waals surface area (Å²) in [6.07, 6.45) is 3.02. The minimum Gasteiger partial charge on any atom is -0.484 e. The van der Waals surface area contributed by atoms with Crippen molar-refractivity contribution in [3.8, 4) is 5.75 Å². The third-order valence-electron chi connectivity index (χ3n) is 2.62. The fourth-order valence-corrected chi connectivity index (χ4v) is 1.64. The molecular formula is C14H13N3O4. The van der Waals surface area contributed by atoms with Crippen molar-refractivity contribution in [2.24, 2.45) is 0 Å². The first-order valence-electron chi connectivity index (χ1n) is 6.10. The minimum absolute atomic E-state index is 0.198. The lowest BCUT2D eigenvalue weighted by atomic mass is 10.1. The van der Waals surface area contributed by atoms with E-state index in [-0.39, 0.29) is 18.1 Å². The molecule has 7 heteroatoms. The van der Waals surface area contributed by atoms with Crippen LogP contribution in [0.2, 0.25) is 0 Å². The summed E-state index contributed by atoms with van der Waals surface area (Å²) < 4.78 is 5.30. The topological polar surface area (TPSA) is 101 Å². The SMILES string of the molecule is Cc1cc(OCC(=O)Nc2ncccn2)ccc1C(=O)O. The first-order valence-corrected chi connectivity index (χ1v) is 6.10. The second-order valence-electron chi connectivity index (χ2n) is 4.19. The lowest BCUT2D eigenvalue weighted by Crippen LogP contribution is -2.21. The molecule has 1 aromatic carbocycles. The number of nitrogens with zero attached hydrogens (tertiary/aromatic N) is 2. The average molecular weight is 287 g/mol. The number of ether oxygens (including phenoxy) is 1. The Morgan fingerprint density at radius 2 is 2.00 bits per heavy atom. The van der Waals surface area contributed by atoms with Crippen molar-refractivity contribution >= 4 is 17.8 Å². The second kappa shape index (κ2) is 6.47. The molecule has 2 aromatic rings. The van der Waals surface area contributed by atoms with E-state index in [9.17, 15) is 9.59 Å². The molecule has 2 rings (SSSR count). The summed E-state index contributed by atoms with van der Waals surface area (Å²) in [7, 11) is 0. The van der Waals surface area contributed by atoms with Gasteiger partial charge in [0, 0.05) is 12.4 Å². The summed E-state index contributed by atoms with van der Waals surface area (Å²) in [6.45, 7) is 1.44. The van der Waals surface area contributed by atoms with Crippen molar-refractivity contribution in [2.45, 2.75) is 6.92 Å². The molecule has 108 valence electrons. The Morgan fingerprint density at radius 3 is 2.62 bits per heavy atom. The van der Waals surface area contributed by atoms with E-state index in [1.165, 1.54) is 24.5 Å². The Balaban J connectivity index is 1.92. The summed E-state index contributed by atoms with van der Waals surface area (Å²) in [5.74, 6) is -0.788. The Morgan fingerprint density at radius 1 is 1.29 bits per heavy atom. The molecule has 0 radical (unpaired) electrons. The first kappa shape index (κ1) is 14.4. The van der Waals surface area contributed by atoms with Gasteiger partial charge in [0.15, 0.2) is 6.61 Å². The highest BCUT2D eigenvalue weighted by molar-refractivity contribution is 5.90. The normalized spacial score (nSPS) is 9.95. The van der Waals surface area contributed by atoms with E-state index in [1.807, 2.05) is 0 Å². The molecule has 0 atom stereocenters. The Hall–Kier alpha value is -2.96. The highest BCUT2D eigenvalue weighted by Crippen LogP contribution is 2.17. The van der Waals surface area contributed by atoms with Gasteiger partial charge in [0.2, 0.25) is 5.95 Å². The monoisotopic (exact) mass is 287 g/mol. The van der Waals surface area contributed by atoms with Crippen LogP contribution in [0.3, 0.4) is 0 Å². The number of aromatic nitrogens is 2. The molecule has 0 saturated heterocycles. The fourth-order valence-electron chi connectivity index (χ4n) is 1.64. The van der Waals surface area contributed by atoms with Gasteiger partial charge < -0.3 is 9.84 Å². The zero-order valence-corrected chi connectivity index (χ0v) is 11.2. The molecule has 0 fully saturated rings. The van der Waals surface area contributed by atoms with E-state index in [0.717, 1.165) is 0 Å². The number of carboxylic acids is 1. The molecular weight excluding hydrogens is 274 g/mol. The minimum atomic E-state index is -1.00. The molecule has 0 aliphatic heterocycles. The van der Waals surface area contributed by atoms with Crippen LogP contribution >= 0.6 is 0 Å². The molecule has 7 nitrogen and oxygen atoms in total. The van der Waals surface area contributed by atoms with Crippen LogP contribution in [0.25, 0.3) is 0 Å². The molecule has 1 aromatic heterocycles. The van der Waals surface area contributed by atoms with Gasteiger partial charge in [-0.1, -0.05) is 0 Å². The van der Waals surface area contributed by atoms with Crippen LogP contribution in [0.4, 0.5) is 5.95 Å². The van der Waals surface area contributed by atoms with Gasteiger partial charge in [0.1, 0.15) is 5.75 Å². The quantitative estimate of drug-likeness (QED) is 0.864. The predicted octanol–water partition coefficient (Wildman–Crippen LogP) is 1.50. The van der Waals surface area contributed by atoms with E-state index < -0.39 is 11.9 Å². The van der Waals surface area contributed by atoms with Gasteiger partial charge in [0.25, 0.3) is 5.91 Å². The molecule has 0 saturated carbocycles. The van der Waals surface area contributed by atoms with Crippen molar-refractivity contribution in [1.82, 2.24) is 9.97 Å². The maximum absolute atomic E-state index is 11.6. The van der Waals surface area contributed by atoms with E-state index >= 15 is 0 Å². The summed E-state index contributed by atoms with van der Waals surface area (Å²) >= 11 is 0. The number of hydrogen-bond donors (Lipinski definition) is 2. The number of amides is 1. The van der Waals surface area contributed by atoms with E-state index in [2.05, 4.69) is 15.3 Å². The van der Waals surface area contributed by atoms with Crippen LogP contribution in [0, 0.1) is 6.92 Å². The Bertz CT molecular complexity index is 659. The smallest absolute Gasteiger partial charge is 0.335 e. The van der Waals surface area contributed by atoms with Gasteiger partial charge in [-0.3, -0.25) is 10.1 Å². The number of hydrogen-bond acceptors (Lipinski definition) is 5. The average Bonchev–Trinajstić information content (AvgIpc) is 2.46. The number of carbonyl (C=O) groups is 2. The van der Waals surface area contributed by atoms with Crippen molar-refractivity contribution in [2.75, 3.05) is 11.9 Å². The predicted molar refractivity (Wildman–Crippen MR) is 74.3 cm³/mol. The van der Waals surface area contributed by atoms with Gasteiger partial charge >= 0.3 is 5.97 Å². The summed E-state index contributed by atoms with van der Waals surface area (Å²) in [4.78, 5) is 30.2. The zero-order valence-electron chi connectivity index (χ0n) is 11.2. The largest absolute Gasteiger partial charge is 0.484 e. The molecule has 0 aliphatic rings. The van der Waals surface area contributed by atoms with Crippen molar-refractivity contribution in [1.29, 1.82) is 0 Å². The fraction of sp³-hybridized carbons (Fsp3) is 0.143. The number of benzene rings is 1. The molecule has 1 amide bonds. The molecule has 0 unspecified atom stereocenters. The first-order chi connectivity index (χ1) is 10.1. The summed E-state index contributed by atoms with van der Waals surface area (Å²) in [5.41, 5.74) is 0.760. The van der Waals surface area contributed by atoms with Crippen LogP contribution in [-0.4, -0.2) is 33.6 Å². The molecule has 2 N–H and O–H groups in total. The van der Waals surface area contributed by atoms with Crippen molar-refractivity contribution in [3.05, 3.63) is 47.8 Å². The molecule has 0 spiro atoms. The van der Waals surface area contributed by atoms with Crippen LogP contribution < -0.4 is 10.1 Å². The summed E-state index contributed by atoms with van der Waals surface area (Å²) in [5, 5.41) is 11.4. The van der Waals surface area contributed by atoms with E-state index in [1.54, 1.807) is 19.1 Å². The number of anilines is 1. The standard InChI is InChI=1S/C14H13N3O4/c1-9-7-10(3-4-11(9)13(19)20)21-8-12(18)17-14-15-5-2-6-16-14/h2-7H,8H2,1H3,(H,19,20)(H,15,16,17,18). The van der Waals surface area contributed by atoms with Gasteiger partial charge in [-0.15, -0.1) is 0 Å². The third-order valence-corrected chi connectivity index (χ3v) is 2.62. The molecule has 21 heavy (non-hydrogen) atoms. The maximum atomic E-state index is 11.6. The third kappa shape index (κ3) is 4.00. The van der Waals surface area contributed by atoms with Crippen LogP contribution in [0.15, 0.2) is 36.7 Å². The lowest BCUT2D eigenvalue weighted by Gasteiger charge is -2.08. The highest BCUT2D eigenvalue weighted by atomic mass is 16.5. The van der Waals surface area contributed by atoms with Crippen LogP contribution in [0.1, 0.15) is 15.9 Å². The van der Waals surface area contributed by atoms with Crippen LogP contribution in [0.5, 0.6) is 5.75 Å². The number of aromatic carboxylic acids is 1. The van der Waals surface area contributed by atoms with E-state index in [0.29, 0.717) is 11.3 Å². The van der Waals surface area contributed by atoms with Gasteiger partial charge in [-0.2, -0.15) is 0 Å². The Kier molecular flexibility index (Phi) is 4.45. The number of nitrogens with one attached hydrogen (secondary N) is 1. The Labute approximate surface area is 120 Å². The zero-order chi connectivity index (χ0) is 15.2. The van der Waals surface area contributed by atoms with Crippen molar-refractivity contribution in [3.63, 3.8) is 0 Å². The number of rotatable bonds is 5. The van der Waals surface area contributed by atoms with Crippen molar-refractivity contribution < 1.29 is 19.4 Å². The number of aryl methyl sites for hydroxylation is 1. The van der Waals surface area contributed by atoms with Gasteiger partial charge in [0.05, 0.1) is 5.56 Å². The highest BCUT2D eigenvalue weighted by Gasteiger charge is 2.09. The lowest BCUT2D eigenvalue weighted by molar-refractivity contribution is -0.118. The molecule has 0 aliphatic carbocycles. The van der Waals surface area contributed by atoms with Gasteiger partial charge in [-0.05, 0) is 36.8 Å². The maximum Gasteiger partial charge on any atom is 0.335 e. The molecule has 1 heterocycles.